The number of aliphatic hydroxyl groups is 1. The van der Waals surface area contributed by atoms with E-state index in [0.717, 1.165) is 0 Å². The van der Waals surface area contributed by atoms with Crippen LogP contribution < -0.4 is 5.32 Å². The van der Waals surface area contributed by atoms with Crippen LogP contribution in [0.3, 0.4) is 0 Å². The maximum absolute atomic E-state index is 11.1. The minimum absolute atomic E-state index is 0.121. The van der Waals surface area contributed by atoms with E-state index in [0.29, 0.717) is 25.7 Å². The standard InChI is InChI=1S/C10H16N2O2/c1-9(5-3-7-11)6-4-8(13)12-10(9,2)14/h14H,3-6H2,1-2H3,(H,12,13). The summed E-state index contributed by atoms with van der Waals surface area (Å²) >= 11 is 0. The Labute approximate surface area is 83.9 Å². The van der Waals surface area contributed by atoms with Crippen LogP contribution in [0.2, 0.25) is 0 Å². The largest absolute Gasteiger partial charge is 0.371 e. The predicted molar refractivity (Wildman–Crippen MR) is 51.0 cm³/mol. The number of rotatable bonds is 2. The van der Waals surface area contributed by atoms with E-state index in [2.05, 4.69) is 11.4 Å². The fourth-order valence-corrected chi connectivity index (χ4v) is 1.82. The lowest BCUT2D eigenvalue weighted by atomic mass is 9.70. The van der Waals surface area contributed by atoms with Gasteiger partial charge in [-0.3, -0.25) is 4.79 Å². The van der Waals surface area contributed by atoms with Crippen molar-refractivity contribution in [3.63, 3.8) is 0 Å². The zero-order valence-electron chi connectivity index (χ0n) is 8.63. The van der Waals surface area contributed by atoms with Gasteiger partial charge in [0.05, 0.1) is 6.07 Å². The smallest absolute Gasteiger partial charge is 0.222 e. The second kappa shape index (κ2) is 3.58. The Morgan fingerprint density at radius 3 is 2.79 bits per heavy atom. The van der Waals surface area contributed by atoms with Crippen LogP contribution in [-0.4, -0.2) is 16.7 Å². The van der Waals surface area contributed by atoms with Gasteiger partial charge < -0.3 is 10.4 Å². The van der Waals surface area contributed by atoms with E-state index in [4.69, 9.17) is 5.26 Å². The molecule has 1 aliphatic heterocycles. The zero-order chi connectivity index (χ0) is 10.8. The normalized spacial score (nSPS) is 37.4. The van der Waals surface area contributed by atoms with Crippen LogP contribution >= 0.6 is 0 Å². The zero-order valence-corrected chi connectivity index (χ0v) is 8.63. The van der Waals surface area contributed by atoms with Crippen molar-refractivity contribution in [2.45, 2.75) is 45.3 Å². The molecule has 2 N–H and O–H groups in total. The molecule has 4 heteroatoms. The van der Waals surface area contributed by atoms with Gasteiger partial charge in [0.25, 0.3) is 0 Å². The number of nitrogens with zero attached hydrogens (tertiary/aromatic N) is 1. The van der Waals surface area contributed by atoms with Crippen molar-refractivity contribution in [1.82, 2.24) is 5.32 Å². The molecule has 4 nitrogen and oxygen atoms in total. The van der Waals surface area contributed by atoms with Crippen LogP contribution in [0, 0.1) is 16.7 Å². The summed E-state index contributed by atoms with van der Waals surface area (Å²) in [4.78, 5) is 11.1. The first-order chi connectivity index (χ1) is 6.41. The number of amides is 1. The molecule has 1 fully saturated rings. The van der Waals surface area contributed by atoms with Crippen molar-refractivity contribution >= 4 is 5.91 Å². The van der Waals surface area contributed by atoms with E-state index in [-0.39, 0.29) is 5.91 Å². The Balaban J connectivity index is 2.76. The number of carbonyl (C=O) groups is 1. The molecule has 0 aromatic carbocycles. The van der Waals surface area contributed by atoms with Crippen molar-refractivity contribution in [2.24, 2.45) is 5.41 Å². The van der Waals surface area contributed by atoms with E-state index < -0.39 is 11.1 Å². The molecule has 14 heavy (non-hydrogen) atoms. The van der Waals surface area contributed by atoms with Crippen LogP contribution in [0.25, 0.3) is 0 Å². The molecule has 78 valence electrons. The number of carbonyl (C=O) groups excluding carboxylic acids is 1. The molecule has 1 amide bonds. The molecule has 0 bridgehead atoms. The number of nitriles is 1. The van der Waals surface area contributed by atoms with Crippen LogP contribution in [0.15, 0.2) is 0 Å². The summed E-state index contributed by atoms with van der Waals surface area (Å²) in [7, 11) is 0. The quantitative estimate of drug-likeness (QED) is 0.689. The lowest BCUT2D eigenvalue weighted by Crippen LogP contribution is -2.60. The maximum Gasteiger partial charge on any atom is 0.222 e. The van der Waals surface area contributed by atoms with Crippen molar-refractivity contribution < 1.29 is 9.90 Å². The Morgan fingerprint density at radius 1 is 1.64 bits per heavy atom. The van der Waals surface area contributed by atoms with Gasteiger partial charge in [0.2, 0.25) is 5.91 Å². The number of hydrogen-bond donors (Lipinski definition) is 2. The summed E-state index contributed by atoms with van der Waals surface area (Å²) in [5, 5.41) is 21.1. The van der Waals surface area contributed by atoms with Gasteiger partial charge in [-0.15, -0.1) is 0 Å². The Morgan fingerprint density at radius 2 is 2.29 bits per heavy atom. The van der Waals surface area contributed by atoms with Crippen LogP contribution in [-0.2, 0) is 4.79 Å². The van der Waals surface area contributed by atoms with Crippen LogP contribution in [0.4, 0.5) is 0 Å². The fourth-order valence-electron chi connectivity index (χ4n) is 1.82. The van der Waals surface area contributed by atoms with E-state index >= 15 is 0 Å². The summed E-state index contributed by atoms with van der Waals surface area (Å²) in [5.74, 6) is -0.121. The third-order valence-electron chi connectivity index (χ3n) is 3.25. The van der Waals surface area contributed by atoms with Crippen LogP contribution in [0.5, 0.6) is 0 Å². The van der Waals surface area contributed by atoms with Gasteiger partial charge in [0.1, 0.15) is 5.72 Å². The molecule has 0 aromatic heterocycles. The monoisotopic (exact) mass is 196 g/mol. The summed E-state index contributed by atoms with van der Waals surface area (Å²) in [5.41, 5.74) is -1.59. The second-order valence-corrected chi connectivity index (χ2v) is 4.34. The van der Waals surface area contributed by atoms with Crippen molar-refractivity contribution in [3.05, 3.63) is 0 Å². The third-order valence-corrected chi connectivity index (χ3v) is 3.25. The molecule has 1 heterocycles. The summed E-state index contributed by atoms with van der Waals surface area (Å²) < 4.78 is 0. The molecule has 1 aliphatic rings. The molecule has 1 rings (SSSR count). The highest BCUT2D eigenvalue weighted by atomic mass is 16.3. The van der Waals surface area contributed by atoms with Gasteiger partial charge in [-0.05, 0) is 19.8 Å². The molecule has 0 saturated carbocycles. The molecular weight excluding hydrogens is 180 g/mol. The average Bonchev–Trinajstić information content (AvgIpc) is 2.08. The summed E-state index contributed by atoms with van der Waals surface area (Å²) in [6.45, 7) is 3.51. The third kappa shape index (κ3) is 1.88. The Bertz CT molecular complexity index is 280. The first-order valence-electron chi connectivity index (χ1n) is 4.82. The van der Waals surface area contributed by atoms with Gasteiger partial charge in [0, 0.05) is 18.3 Å². The fraction of sp³-hybridized carbons (Fsp3) is 0.800. The number of piperidine rings is 1. The minimum atomic E-state index is -1.20. The first kappa shape index (κ1) is 11.0. The molecular formula is C10H16N2O2. The molecule has 2 atom stereocenters. The highest BCUT2D eigenvalue weighted by Gasteiger charge is 2.46. The highest BCUT2D eigenvalue weighted by Crippen LogP contribution is 2.41. The molecule has 0 spiro atoms. The minimum Gasteiger partial charge on any atom is -0.371 e. The van der Waals surface area contributed by atoms with Gasteiger partial charge in [-0.25, -0.2) is 0 Å². The van der Waals surface area contributed by atoms with Crippen molar-refractivity contribution in [2.75, 3.05) is 0 Å². The molecule has 1 saturated heterocycles. The number of nitrogens with one attached hydrogen (secondary N) is 1. The summed E-state index contributed by atoms with van der Waals surface area (Å²) in [6, 6.07) is 2.07. The van der Waals surface area contributed by atoms with E-state index in [1.807, 2.05) is 6.92 Å². The van der Waals surface area contributed by atoms with Crippen LogP contribution in [0.1, 0.15) is 39.5 Å². The van der Waals surface area contributed by atoms with Crippen molar-refractivity contribution in [3.8, 4) is 6.07 Å². The van der Waals surface area contributed by atoms with Gasteiger partial charge in [0.15, 0.2) is 0 Å². The molecule has 0 aliphatic carbocycles. The second-order valence-electron chi connectivity index (χ2n) is 4.34. The van der Waals surface area contributed by atoms with Gasteiger partial charge in [-0.1, -0.05) is 6.92 Å². The summed E-state index contributed by atoms with van der Waals surface area (Å²) in [6.07, 6.45) is 2.07. The topological polar surface area (TPSA) is 73.1 Å². The molecule has 0 aromatic rings. The Kier molecular flexibility index (Phi) is 2.81. The SMILES string of the molecule is CC1(CCC#N)CCC(=O)NC1(C)O. The van der Waals surface area contributed by atoms with E-state index in [9.17, 15) is 9.90 Å². The highest BCUT2D eigenvalue weighted by molar-refractivity contribution is 5.77. The van der Waals surface area contributed by atoms with Crippen molar-refractivity contribution in [1.29, 1.82) is 5.26 Å². The lowest BCUT2D eigenvalue weighted by Gasteiger charge is -2.46. The Hall–Kier alpha value is -1.08. The van der Waals surface area contributed by atoms with Gasteiger partial charge in [-0.2, -0.15) is 5.26 Å². The molecule has 2 unspecified atom stereocenters. The average molecular weight is 196 g/mol. The van der Waals surface area contributed by atoms with E-state index in [1.165, 1.54) is 0 Å². The first-order valence-corrected chi connectivity index (χ1v) is 4.82. The molecule has 0 radical (unpaired) electrons. The maximum atomic E-state index is 11.1. The van der Waals surface area contributed by atoms with E-state index in [1.54, 1.807) is 6.92 Å². The number of hydrogen-bond acceptors (Lipinski definition) is 3. The lowest BCUT2D eigenvalue weighted by molar-refractivity contribution is -0.153. The van der Waals surface area contributed by atoms with Gasteiger partial charge >= 0.3 is 0 Å². The predicted octanol–water partition coefficient (Wildman–Crippen LogP) is 0.915.